The number of anilines is 3. The number of hydrogen-bond donors (Lipinski definition) is 2. The lowest BCUT2D eigenvalue weighted by atomic mass is 9.90. The van der Waals surface area contributed by atoms with Crippen molar-refractivity contribution in [3.8, 4) is 0 Å². The number of amides is 2. The minimum absolute atomic E-state index is 0.134. The minimum Gasteiger partial charge on any atom is -0.378 e. The van der Waals surface area contributed by atoms with Gasteiger partial charge in [-0.1, -0.05) is 18.2 Å². The van der Waals surface area contributed by atoms with Crippen molar-refractivity contribution in [2.24, 2.45) is 0 Å². The number of para-hydroxylation sites is 1. The van der Waals surface area contributed by atoms with Crippen LogP contribution in [-0.2, 0) is 14.3 Å². The van der Waals surface area contributed by atoms with E-state index in [0.29, 0.717) is 24.7 Å². The number of pyridine rings is 1. The van der Waals surface area contributed by atoms with Gasteiger partial charge in [0.25, 0.3) is 0 Å². The summed E-state index contributed by atoms with van der Waals surface area (Å²) >= 11 is 0. The Labute approximate surface area is 151 Å². The third-order valence-corrected chi connectivity index (χ3v) is 4.69. The Kier molecular flexibility index (Phi) is 4.53. The van der Waals surface area contributed by atoms with Crippen molar-refractivity contribution in [3.05, 3.63) is 48.2 Å². The predicted molar refractivity (Wildman–Crippen MR) is 98.3 cm³/mol. The van der Waals surface area contributed by atoms with Gasteiger partial charge >= 0.3 is 0 Å². The molecule has 1 atom stereocenters. The molecule has 26 heavy (non-hydrogen) atoms. The molecule has 0 spiro atoms. The van der Waals surface area contributed by atoms with Gasteiger partial charge in [-0.2, -0.15) is 0 Å². The lowest BCUT2D eigenvalue weighted by Gasteiger charge is -2.28. The third kappa shape index (κ3) is 3.39. The molecule has 2 aromatic rings. The summed E-state index contributed by atoms with van der Waals surface area (Å²) in [7, 11) is 0. The van der Waals surface area contributed by atoms with E-state index in [1.807, 2.05) is 30.3 Å². The Morgan fingerprint density at radius 2 is 2.00 bits per heavy atom. The molecule has 4 rings (SSSR count). The van der Waals surface area contributed by atoms with Gasteiger partial charge in [-0.05, 0) is 23.8 Å². The molecule has 1 aromatic heterocycles. The van der Waals surface area contributed by atoms with Crippen LogP contribution in [0.1, 0.15) is 17.9 Å². The van der Waals surface area contributed by atoms with Crippen LogP contribution in [0, 0.1) is 0 Å². The molecule has 0 bridgehead atoms. The third-order valence-electron chi connectivity index (χ3n) is 4.69. The maximum atomic E-state index is 12.7. The highest BCUT2D eigenvalue weighted by Gasteiger charge is 2.30. The number of carbonyl (C=O) groups is 2. The Hall–Kier alpha value is -2.93. The highest BCUT2D eigenvalue weighted by atomic mass is 16.5. The van der Waals surface area contributed by atoms with Crippen molar-refractivity contribution in [2.45, 2.75) is 12.3 Å². The average molecular weight is 352 g/mol. The van der Waals surface area contributed by atoms with Crippen molar-refractivity contribution in [2.75, 3.05) is 41.8 Å². The standard InChI is InChI=1S/C19H20N4O3/c24-18-11-15(14-3-1-2-4-16(14)21-18)19(25)22-17-6-5-13(12-20-17)23-7-9-26-10-8-23/h1-6,12,15H,7-11H2,(H,21,24)(H,20,22,25). The van der Waals surface area contributed by atoms with E-state index in [2.05, 4.69) is 20.5 Å². The zero-order valence-electron chi connectivity index (χ0n) is 14.3. The van der Waals surface area contributed by atoms with Gasteiger partial charge in [0, 0.05) is 25.2 Å². The smallest absolute Gasteiger partial charge is 0.233 e. The molecular formula is C19H20N4O3. The molecule has 1 fully saturated rings. The van der Waals surface area contributed by atoms with Crippen molar-refractivity contribution in [1.29, 1.82) is 0 Å². The Balaban J connectivity index is 1.47. The van der Waals surface area contributed by atoms with E-state index in [1.165, 1.54) is 0 Å². The molecule has 0 aliphatic carbocycles. The zero-order valence-corrected chi connectivity index (χ0v) is 14.3. The van der Waals surface area contributed by atoms with Crippen LogP contribution in [0.25, 0.3) is 0 Å². The summed E-state index contributed by atoms with van der Waals surface area (Å²) in [5, 5.41) is 5.63. The molecule has 134 valence electrons. The highest BCUT2D eigenvalue weighted by Crippen LogP contribution is 2.32. The summed E-state index contributed by atoms with van der Waals surface area (Å²) in [6, 6.07) is 11.1. The van der Waals surface area contributed by atoms with Gasteiger partial charge in [-0.3, -0.25) is 9.59 Å². The number of morpholine rings is 1. The molecular weight excluding hydrogens is 332 g/mol. The molecule has 0 saturated carbocycles. The van der Waals surface area contributed by atoms with Crippen LogP contribution in [0.5, 0.6) is 0 Å². The number of benzene rings is 1. The topological polar surface area (TPSA) is 83.6 Å². The van der Waals surface area contributed by atoms with E-state index in [4.69, 9.17) is 4.74 Å². The second-order valence-electron chi connectivity index (χ2n) is 6.38. The Morgan fingerprint density at radius 3 is 2.77 bits per heavy atom. The molecule has 7 heteroatoms. The van der Waals surface area contributed by atoms with Crippen LogP contribution >= 0.6 is 0 Å². The Bertz CT molecular complexity index is 816. The van der Waals surface area contributed by atoms with Gasteiger partial charge in [0.2, 0.25) is 11.8 Å². The van der Waals surface area contributed by atoms with E-state index in [0.717, 1.165) is 24.3 Å². The lowest BCUT2D eigenvalue weighted by Crippen LogP contribution is -2.36. The van der Waals surface area contributed by atoms with Crippen LogP contribution in [0.3, 0.4) is 0 Å². The van der Waals surface area contributed by atoms with Crippen LogP contribution in [0.15, 0.2) is 42.6 Å². The maximum absolute atomic E-state index is 12.7. The predicted octanol–water partition coefficient (Wildman–Crippen LogP) is 1.98. The van der Waals surface area contributed by atoms with E-state index in [-0.39, 0.29) is 18.2 Å². The summed E-state index contributed by atoms with van der Waals surface area (Å²) in [5.41, 5.74) is 2.53. The van der Waals surface area contributed by atoms with E-state index in [9.17, 15) is 9.59 Å². The number of hydrogen-bond acceptors (Lipinski definition) is 5. The van der Waals surface area contributed by atoms with Crippen LogP contribution < -0.4 is 15.5 Å². The zero-order chi connectivity index (χ0) is 17.9. The first-order valence-electron chi connectivity index (χ1n) is 8.69. The summed E-state index contributed by atoms with van der Waals surface area (Å²) < 4.78 is 5.35. The number of nitrogens with one attached hydrogen (secondary N) is 2. The fourth-order valence-corrected chi connectivity index (χ4v) is 3.33. The van der Waals surface area contributed by atoms with Crippen molar-refractivity contribution in [1.82, 2.24) is 4.98 Å². The summed E-state index contributed by atoms with van der Waals surface area (Å²) in [4.78, 5) is 31.1. The molecule has 2 aliphatic rings. The number of fused-ring (bicyclic) bond motifs is 1. The van der Waals surface area contributed by atoms with Crippen molar-refractivity contribution >= 4 is 29.0 Å². The number of ether oxygens (including phenoxy) is 1. The van der Waals surface area contributed by atoms with Crippen molar-refractivity contribution < 1.29 is 14.3 Å². The molecule has 1 aromatic carbocycles. The van der Waals surface area contributed by atoms with Crippen LogP contribution in [-0.4, -0.2) is 43.1 Å². The quantitative estimate of drug-likeness (QED) is 0.883. The van der Waals surface area contributed by atoms with E-state index < -0.39 is 5.92 Å². The molecule has 1 saturated heterocycles. The summed E-state index contributed by atoms with van der Waals surface area (Å²) in [6.07, 6.45) is 1.89. The monoisotopic (exact) mass is 352 g/mol. The largest absolute Gasteiger partial charge is 0.378 e. The number of carbonyl (C=O) groups excluding carboxylic acids is 2. The number of rotatable bonds is 3. The molecule has 2 amide bonds. The molecule has 3 heterocycles. The summed E-state index contributed by atoms with van der Waals surface area (Å²) in [6.45, 7) is 3.09. The van der Waals surface area contributed by atoms with Gasteiger partial charge in [-0.25, -0.2) is 4.98 Å². The first kappa shape index (κ1) is 16.5. The molecule has 1 unspecified atom stereocenters. The molecule has 7 nitrogen and oxygen atoms in total. The van der Waals surface area contributed by atoms with Gasteiger partial charge < -0.3 is 20.3 Å². The van der Waals surface area contributed by atoms with Gasteiger partial charge in [-0.15, -0.1) is 0 Å². The van der Waals surface area contributed by atoms with Crippen LogP contribution in [0.2, 0.25) is 0 Å². The Morgan fingerprint density at radius 1 is 1.19 bits per heavy atom. The van der Waals surface area contributed by atoms with Crippen molar-refractivity contribution in [3.63, 3.8) is 0 Å². The molecule has 0 radical (unpaired) electrons. The average Bonchev–Trinajstić information content (AvgIpc) is 2.68. The second-order valence-corrected chi connectivity index (χ2v) is 6.38. The van der Waals surface area contributed by atoms with Gasteiger partial charge in [0.15, 0.2) is 0 Å². The van der Waals surface area contributed by atoms with Gasteiger partial charge in [0.1, 0.15) is 5.82 Å². The maximum Gasteiger partial charge on any atom is 0.233 e. The molecule has 2 N–H and O–H groups in total. The normalized spacial score (nSPS) is 19.5. The van der Waals surface area contributed by atoms with E-state index >= 15 is 0 Å². The first-order valence-corrected chi connectivity index (χ1v) is 8.69. The lowest BCUT2D eigenvalue weighted by molar-refractivity contribution is -0.123. The summed E-state index contributed by atoms with van der Waals surface area (Å²) in [5.74, 6) is -0.408. The minimum atomic E-state index is -0.513. The van der Waals surface area contributed by atoms with Gasteiger partial charge in [0.05, 0.1) is 31.0 Å². The highest BCUT2D eigenvalue weighted by molar-refractivity contribution is 6.04. The fraction of sp³-hybridized carbons (Fsp3) is 0.316. The SMILES string of the molecule is O=C1CC(C(=O)Nc2ccc(N3CCOCC3)cn2)c2ccccc2N1. The molecule has 2 aliphatic heterocycles. The van der Waals surface area contributed by atoms with E-state index in [1.54, 1.807) is 12.3 Å². The van der Waals surface area contributed by atoms with Crippen LogP contribution in [0.4, 0.5) is 17.2 Å². The fourth-order valence-electron chi connectivity index (χ4n) is 3.33. The first-order chi connectivity index (χ1) is 12.7. The second kappa shape index (κ2) is 7.13. The number of aromatic nitrogens is 1. The number of nitrogens with zero attached hydrogens (tertiary/aromatic N) is 2.